The Balaban J connectivity index is 1.72. The van der Waals surface area contributed by atoms with Gasteiger partial charge in [0.15, 0.2) is 0 Å². The Kier molecular flexibility index (Phi) is 3.54. The minimum Gasteiger partial charge on any atom is -0.312 e. The molecule has 0 amide bonds. The monoisotopic (exact) mass is 219 g/mol. The van der Waals surface area contributed by atoms with Crippen LogP contribution in [0.2, 0.25) is 0 Å². The first-order valence-electron chi connectivity index (χ1n) is 6.15. The van der Waals surface area contributed by atoms with Crippen molar-refractivity contribution >= 4 is 0 Å². The van der Waals surface area contributed by atoms with Crippen molar-refractivity contribution in [2.45, 2.75) is 39.7 Å². The second-order valence-electron chi connectivity index (χ2n) is 5.45. The van der Waals surface area contributed by atoms with Crippen LogP contribution >= 0.6 is 0 Å². The maximum absolute atomic E-state index is 4.01. The molecule has 16 heavy (non-hydrogen) atoms. The Morgan fingerprint density at radius 2 is 2.00 bits per heavy atom. The number of hydrogen-bond donors (Lipinski definition) is 1. The molecule has 3 heteroatoms. The van der Waals surface area contributed by atoms with Gasteiger partial charge in [-0.2, -0.15) is 0 Å². The van der Waals surface area contributed by atoms with Crippen LogP contribution < -0.4 is 5.32 Å². The van der Waals surface area contributed by atoms with Crippen molar-refractivity contribution < 1.29 is 0 Å². The fourth-order valence-electron chi connectivity index (χ4n) is 2.39. The number of hydrogen-bond acceptors (Lipinski definition) is 3. The molecule has 1 saturated carbocycles. The zero-order chi connectivity index (χ0) is 11.4. The van der Waals surface area contributed by atoms with Crippen LogP contribution in [0.25, 0.3) is 0 Å². The standard InChI is InChI=1S/C13H21N3/c1-11(2)5-13(3-4-13)9-14-6-12-7-15-10-16-8-12/h7-8,10-11,14H,3-6,9H2,1-2H3. The highest BCUT2D eigenvalue weighted by Crippen LogP contribution is 2.49. The summed E-state index contributed by atoms with van der Waals surface area (Å²) >= 11 is 0. The van der Waals surface area contributed by atoms with Gasteiger partial charge in [0.1, 0.15) is 6.33 Å². The second kappa shape index (κ2) is 4.91. The number of nitrogens with zero attached hydrogens (tertiary/aromatic N) is 2. The van der Waals surface area contributed by atoms with Crippen molar-refractivity contribution in [1.29, 1.82) is 0 Å². The largest absolute Gasteiger partial charge is 0.312 e. The van der Waals surface area contributed by atoms with Crippen molar-refractivity contribution in [3.63, 3.8) is 0 Å². The lowest BCUT2D eigenvalue weighted by atomic mass is 9.94. The molecule has 0 radical (unpaired) electrons. The van der Waals surface area contributed by atoms with Gasteiger partial charge in [-0.1, -0.05) is 13.8 Å². The Labute approximate surface area is 97.7 Å². The number of nitrogens with one attached hydrogen (secondary N) is 1. The highest BCUT2D eigenvalue weighted by molar-refractivity contribution is 5.02. The summed E-state index contributed by atoms with van der Waals surface area (Å²) in [6.07, 6.45) is 9.47. The summed E-state index contributed by atoms with van der Waals surface area (Å²) < 4.78 is 0. The lowest BCUT2D eigenvalue weighted by molar-refractivity contribution is 0.366. The molecule has 1 N–H and O–H groups in total. The molecule has 0 spiro atoms. The molecule has 1 aromatic rings. The van der Waals surface area contributed by atoms with Crippen molar-refractivity contribution in [1.82, 2.24) is 15.3 Å². The topological polar surface area (TPSA) is 37.8 Å². The lowest BCUT2D eigenvalue weighted by Crippen LogP contribution is -2.24. The fraction of sp³-hybridized carbons (Fsp3) is 0.692. The highest BCUT2D eigenvalue weighted by Gasteiger charge is 2.41. The van der Waals surface area contributed by atoms with E-state index in [0.717, 1.165) is 19.0 Å². The molecule has 0 aromatic carbocycles. The minimum absolute atomic E-state index is 0.601. The molecule has 1 aliphatic rings. The molecule has 2 rings (SSSR count). The van der Waals surface area contributed by atoms with E-state index >= 15 is 0 Å². The van der Waals surface area contributed by atoms with Crippen molar-refractivity contribution in [2.24, 2.45) is 11.3 Å². The van der Waals surface area contributed by atoms with Crippen LogP contribution in [-0.4, -0.2) is 16.5 Å². The molecule has 0 bridgehead atoms. The van der Waals surface area contributed by atoms with Crippen LogP contribution in [0.15, 0.2) is 18.7 Å². The van der Waals surface area contributed by atoms with Crippen LogP contribution in [0.1, 0.15) is 38.7 Å². The van der Waals surface area contributed by atoms with Crippen LogP contribution in [0.5, 0.6) is 0 Å². The average Bonchev–Trinajstić information content (AvgIpc) is 2.99. The van der Waals surface area contributed by atoms with E-state index in [1.54, 1.807) is 6.33 Å². The maximum atomic E-state index is 4.01. The molecule has 0 aliphatic heterocycles. The van der Waals surface area contributed by atoms with E-state index in [0.29, 0.717) is 5.41 Å². The average molecular weight is 219 g/mol. The van der Waals surface area contributed by atoms with Gasteiger partial charge in [-0.05, 0) is 30.6 Å². The first-order valence-corrected chi connectivity index (χ1v) is 6.15. The van der Waals surface area contributed by atoms with E-state index in [1.807, 2.05) is 12.4 Å². The van der Waals surface area contributed by atoms with Gasteiger partial charge in [-0.25, -0.2) is 9.97 Å². The third kappa shape index (κ3) is 3.27. The second-order valence-corrected chi connectivity index (χ2v) is 5.45. The Morgan fingerprint density at radius 3 is 2.56 bits per heavy atom. The van der Waals surface area contributed by atoms with Gasteiger partial charge in [0.2, 0.25) is 0 Å². The summed E-state index contributed by atoms with van der Waals surface area (Å²) in [5.41, 5.74) is 1.77. The maximum Gasteiger partial charge on any atom is 0.115 e. The Morgan fingerprint density at radius 1 is 1.31 bits per heavy atom. The lowest BCUT2D eigenvalue weighted by Gasteiger charge is -2.18. The first-order chi connectivity index (χ1) is 7.70. The molecule has 3 nitrogen and oxygen atoms in total. The van der Waals surface area contributed by atoms with Gasteiger partial charge in [-0.15, -0.1) is 0 Å². The molecule has 1 fully saturated rings. The Hall–Kier alpha value is -0.960. The highest BCUT2D eigenvalue weighted by atomic mass is 14.9. The van der Waals surface area contributed by atoms with E-state index in [2.05, 4.69) is 29.1 Å². The third-order valence-electron chi connectivity index (χ3n) is 3.24. The summed E-state index contributed by atoms with van der Waals surface area (Å²) in [4.78, 5) is 8.03. The van der Waals surface area contributed by atoms with Crippen molar-refractivity contribution in [2.75, 3.05) is 6.54 Å². The summed E-state index contributed by atoms with van der Waals surface area (Å²) in [7, 11) is 0. The number of rotatable bonds is 6. The van der Waals surface area contributed by atoms with Crippen LogP contribution in [0.3, 0.4) is 0 Å². The summed E-state index contributed by atoms with van der Waals surface area (Å²) in [6.45, 7) is 6.65. The predicted molar refractivity (Wildman–Crippen MR) is 64.9 cm³/mol. The molecule has 0 atom stereocenters. The summed E-state index contributed by atoms with van der Waals surface area (Å²) in [5.74, 6) is 0.810. The van der Waals surface area contributed by atoms with Gasteiger partial charge in [-0.3, -0.25) is 0 Å². The molecular formula is C13H21N3. The van der Waals surface area contributed by atoms with Crippen molar-refractivity contribution in [3.8, 4) is 0 Å². The fourth-order valence-corrected chi connectivity index (χ4v) is 2.39. The summed E-state index contributed by atoms with van der Waals surface area (Å²) in [6, 6.07) is 0. The quantitative estimate of drug-likeness (QED) is 0.798. The van der Waals surface area contributed by atoms with Gasteiger partial charge < -0.3 is 5.32 Å². The van der Waals surface area contributed by atoms with Gasteiger partial charge in [0.25, 0.3) is 0 Å². The normalized spacial score (nSPS) is 17.7. The van der Waals surface area contributed by atoms with Gasteiger partial charge >= 0.3 is 0 Å². The molecule has 1 aromatic heterocycles. The van der Waals surface area contributed by atoms with E-state index in [-0.39, 0.29) is 0 Å². The smallest absolute Gasteiger partial charge is 0.115 e. The molecule has 1 heterocycles. The molecule has 1 aliphatic carbocycles. The molecule has 0 unspecified atom stereocenters. The van der Waals surface area contributed by atoms with Crippen LogP contribution in [0.4, 0.5) is 0 Å². The molecule has 88 valence electrons. The minimum atomic E-state index is 0.601. The van der Waals surface area contributed by atoms with Gasteiger partial charge in [0.05, 0.1) is 0 Å². The molecule has 0 saturated heterocycles. The first kappa shape index (κ1) is 11.5. The Bertz CT molecular complexity index is 317. The van der Waals surface area contributed by atoms with E-state index in [1.165, 1.54) is 24.8 Å². The van der Waals surface area contributed by atoms with Crippen molar-refractivity contribution in [3.05, 3.63) is 24.3 Å². The van der Waals surface area contributed by atoms with Crippen LogP contribution in [0, 0.1) is 11.3 Å². The SMILES string of the molecule is CC(C)CC1(CNCc2cncnc2)CC1. The number of aromatic nitrogens is 2. The van der Waals surface area contributed by atoms with Crippen LogP contribution in [-0.2, 0) is 6.54 Å². The third-order valence-corrected chi connectivity index (χ3v) is 3.24. The van der Waals surface area contributed by atoms with Gasteiger partial charge in [0, 0.05) is 31.0 Å². The summed E-state index contributed by atoms with van der Waals surface area (Å²) in [5, 5.41) is 3.53. The molecular weight excluding hydrogens is 198 g/mol. The van der Waals surface area contributed by atoms with E-state index in [9.17, 15) is 0 Å². The predicted octanol–water partition coefficient (Wildman–Crippen LogP) is 2.39. The van der Waals surface area contributed by atoms with E-state index < -0.39 is 0 Å². The van der Waals surface area contributed by atoms with E-state index in [4.69, 9.17) is 0 Å². The zero-order valence-corrected chi connectivity index (χ0v) is 10.2. The zero-order valence-electron chi connectivity index (χ0n) is 10.2.